The Morgan fingerprint density at radius 1 is 1.12 bits per heavy atom. The van der Waals surface area contributed by atoms with Gasteiger partial charge in [0.1, 0.15) is 5.82 Å². The van der Waals surface area contributed by atoms with Gasteiger partial charge in [0.25, 0.3) is 6.33 Å². The Labute approximate surface area is 154 Å². The first-order chi connectivity index (χ1) is 11.1. The Kier molecular flexibility index (Phi) is 6.17. The number of aromatic nitrogens is 2. The summed E-state index contributed by atoms with van der Waals surface area (Å²) in [5.74, 6) is -0.464. The molecule has 0 aliphatic rings. The van der Waals surface area contributed by atoms with Gasteiger partial charge in [-0.3, -0.25) is 4.79 Å². The van der Waals surface area contributed by atoms with E-state index >= 15 is 0 Å². The Morgan fingerprint density at radius 2 is 1.88 bits per heavy atom. The molecule has 1 heterocycles. The molecule has 0 saturated carbocycles. The Hall–Kier alpha value is -2.11. The summed E-state index contributed by atoms with van der Waals surface area (Å²) in [7, 11) is 0. The Morgan fingerprint density at radius 3 is 2.50 bits per heavy atom. The fraction of sp³-hybridized carbons (Fsp3) is 0.0556. The number of hydrogen-bond acceptors (Lipinski definition) is 2. The van der Waals surface area contributed by atoms with Gasteiger partial charge in [0.2, 0.25) is 5.78 Å². The molecule has 0 aliphatic heterocycles. The van der Waals surface area contributed by atoms with Gasteiger partial charge in [-0.05, 0) is 41.4 Å². The largest absolute Gasteiger partial charge is 1.00 e. The maximum absolute atomic E-state index is 12.9. The van der Waals surface area contributed by atoms with Crippen molar-refractivity contribution in [3.8, 4) is 11.3 Å². The minimum atomic E-state index is -0.359. The van der Waals surface area contributed by atoms with E-state index in [0.29, 0.717) is 10.6 Å². The van der Waals surface area contributed by atoms with Gasteiger partial charge in [0.15, 0.2) is 12.2 Å². The van der Waals surface area contributed by atoms with Crippen LogP contribution in [0.2, 0.25) is 5.02 Å². The maximum Gasteiger partial charge on any atom is 0.287 e. The van der Waals surface area contributed by atoms with Crippen molar-refractivity contribution in [3.63, 3.8) is 0 Å². The molecule has 0 atom stereocenters. The number of nitrogens with zero attached hydrogens (tertiary/aromatic N) is 2. The first-order valence-corrected chi connectivity index (χ1v) is 7.39. The second-order valence-corrected chi connectivity index (χ2v) is 5.49. The molecule has 0 aliphatic carbocycles. The number of hydrogen-bond donors (Lipinski definition) is 0. The van der Waals surface area contributed by atoms with Crippen molar-refractivity contribution in [1.82, 2.24) is 4.98 Å². The second-order valence-electron chi connectivity index (χ2n) is 5.06. The summed E-state index contributed by atoms with van der Waals surface area (Å²) in [4.78, 5) is 16.5. The zero-order chi connectivity index (χ0) is 16.2. The van der Waals surface area contributed by atoms with Crippen LogP contribution in [-0.4, -0.2) is 10.8 Å². The molecule has 3 nitrogen and oxygen atoms in total. The number of benzene rings is 2. The van der Waals surface area contributed by atoms with Crippen LogP contribution >= 0.6 is 11.6 Å². The number of carbonyl (C=O) groups is 1. The smallest absolute Gasteiger partial charge is 0.287 e. The summed E-state index contributed by atoms with van der Waals surface area (Å²) in [6.45, 7) is 0.147. The van der Waals surface area contributed by atoms with E-state index in [4.69, 9.17) is 11.6 Å². The maximum atomic E-state index is 12.9. The molecule has 0 N–H and O–H groups in total. The van der Waals surface area contributed by atoms with E-state index in [1.807, 2.05) is 24.3 Å². The molecule has 0 bridgehead atoms. The minimum absolute atomic E-state index is 0. The number of rotatable bonds is 4. The molecule has 0 amide bonds. The van der Waals surface area contributed by atoms with Gasteiger partial charge in [-0.2, -0.15) is 0 Å². The number of halogens is 3. The molecule has 0 radical (unpaired) electrons. The van der Waals surface area contributed by atoms with Gasteiger partial charge in [0.05, 0.1) is 6.20 Å². The van der Waals surface area contributed by atoms with Crippen molar-refractivity contribution < 1.29 is 30.7 Å². The molecule has 0 unspecified atom stereocenters. The highest BCUT2D eigenvalue weighted by molar-refractivity contribution is 6.30. The monoisotopic (exact) mass is 406 g/mol. The standard InChI is InChI=1S/C18H13ClFN2O.BrH/c19-15-3-1-2-14(10-15)17-8-9-22(12-21-17)11-18(23)13-4-6-16(20)7-5-13;/h1-10,12H,11H2;1H/q+1;/p-1. The molecule has 122 valence electrons. The minimum Gasteiger partial charge on any atom is -1.00 e. The summed E-state index contributed by atoms with van der Waals surface area (Å²) < 4.78 is 14.6. The lowest BCUT2D eigenvalue weighted by molar-refractivity contribution is -0.686. The third-order valence-corrected chi connectivity index (χ3v) is 3.62. The van der Waals surface area contributed by atoms with Crippen LogP contribution in [0.3, 0.4) is 0 Å². The quantitative estimate of drug-likeness (QED) is 0.472. The molecular formula is C18H13BrClFN2O. The average molecular weight is 408 g/mol. The first-order valence-electron chi connectivity index (χ1n) is 7.01. The zero-order valence-corrected chi connectivity index (χ0v) is 14.8. The van der Waals surface area contributed by atoms with Crippen molar-refractivity contribution in [2.75, 3.05) is 0 Å². The normalized spacial score (nSPS) is 10.1. The van der Waals surface area contributed by atoms with Crippen LogP contribution in [0.1, 0.15) is 10.4 Å². The van der Waals surface area contributed by atoms with Crippen LogP contribution in [0.15, 0.2) is 67.1 Å². The molecule has 1 aromatic heterocycles. The zero-order valence-electron chi connectivity index (χ0n) is 12.5. The molecule has 0 spiro atoms. The number of carbonyl (C=O) groups excluding carboxylic acids is 1. The van der Waals surface area contributed by atoms with Crippen LogP contribution in [0, 0.1) is 5.82 Å². The SMILES string of the molecule is O=C(C[n+]1ccc(-c2cccc(Cl)c2)nc1)c1ccc(F)cc1.[Br-]. The van der Waals surface area contributed by atoms with E-state index in [0.717, 1.165) is 11.3 Å². The Bertz CT molecular complexity index is 838. The van der Waals surface area contributed by atoms with Crippen LogP contribution < -0.4 is 21.5 Å². The molecule has 3 rings (SSSR count). The van der Waals surface area contributed by atoms with Crippen LogP contribution in [0.25, 0.3) is 11.3 Å². The molecule has 3 aromatic rings. The highest BCUT2D eigenvalue weighted by Gasteiger charge is 2.12. The highest BCUT2D eigenvalue weighted by atomic mass is 79.9. The molecule has 0 saturated heterocycles. The number of ketones is 1. The summed E-state index contributed by atoms with van der Waals surface area (Å²) in [5, 5.41) is 0.646. The summed E-state index contributed by atoms with van der Waals surface area (Å²) in [5.41, 5.74) is 2.16. The van der Waals surface area contributed by atoms with Crippen molar-refractivity contribution >= 4 is 17.4 Å². The van der Waals surface area contributed by atoms with E-state index in [2.05, 4.69) is 4.98 Å². The second kappa shape index (κ2) is 8.13. The van der Waals surface area contributed by atoms with Gasteiger partial charge < -0.3 is 17.0 Å². The van der Waals surface area contributed by atoms with Crippen LogP contribution in [0.4, 0.5) is 4.39 Å². The van der Waals surface area contributed by atoms with E-state index in [9.17, 15) is 9.18 Å². The van der Waals surface area contributed by atoms with Gasteiger partial charge in [-0.25, -0.2) is 8.96 Å². The van der Waals surface area contributed by atoms with Crippen molar-refractivity contribution in [1.29, 1.82) is 0 Å². The van der Waals surface area contributed by atoms with Gasteiger partial charge in [-0.15, -0.1) is 0 Å². The molecule has 24 heavy (non-hydrogen) atoms. The first kappa shape index (κ1) is 18.2. The van der Waals surface area contributed by atoms with Crippen molar-refractivity contribution in [2.45, 2.75) is 6.54 Å². The van der Waals surface area contributed by atoms with Crippen LogP contribution in [-0.2, 0) is 6.54 Å². The lowest BCUT2D eigenvalue weighted by atomic mass is 10.1. The third kappa shape index (κ3) is 4.46. The molecular weight excluding hydrogens is 395 g/mol. The van der Waals surface area contributed by atoms with E-state index in [1.165, 1.54) is 24.3 Å². The Balaban J connectivity index is 0.00000208. The molecule has 6 heteroatoms. The molecule has 2 aromatic carbocycles. The van der Waals surface area contributed by atoms with Gasteiger partial charge in [-0.1, -0.05) is 23.7 Å². The third-order valence-electron chi connectivity index (χ3n) is 3.38. The van der Waals surface area contributed by atoms with Gasteiger partial charge in [0, 0.05) is 22.2 Å². The summed E-state index contributed by atoms with van der Waals surface area (Å²) in [6, 6.07) is 14.7. The van der Waals surface area contributed by atoms with E-state index in [1.54, 1.807) is 23.2 Å². The van der Waals surface area contributed by atoms with Crippen molar-refractivity contribution in [3.05, 3.63) is 83.5 Å². The predicted octanol–water partition coefficient (Wildman–Crippen LogP) is 0.715. The van der Waals surface area contributed by atoms with E-state index < -0.39 is 0 Å². The average Bonchev–Trinajstić information content (AvgIpc) is 2.56. The number of Topliss-reactive ketones (excluding diaryl/α,β-unsaturated/α-hetero) is 1. The molecule has 0 fully saturated rings. The van der Waals surface area contributed by atoms with Gasteiger partial charge >= 0.3 is 0 Å². The van der Waals surface area contributed by atoms with Crippen LogP contribution in [0.5, 0.6) is 0 Å². The summed E-state index contributed by atoms with van der Waals surface area (Å²) in [6.07, 6.45) is 3.38. The predicted molar refractivity (Wildman–Crippen MR) is 85.6 cm³/mol. The topological polar surface area (TPSA) is 33.8 Å². The fourth-order valence-corrected chi connectivity index (χ4v) is 2.38. The van der Waals surface area contributed by atoms with Crippen molar-refractivity contribution in [2.24, 2.45) is 0 Å². The lowest BCUT2D eigenvalue weighted by Crippen LogP contribution is -3.00. The highest BCUT2D eigenvalue weighted by Crippen LogP contribution is 2.19. The lowest BCUT2D eigenvalue weighted by Gasteiger charge is -2.01. The summed E-state index contributed by atoms with van der Waals surface area (Å²) >= 11 is 5.97. The fourth-order valence-electron chi connectivity index (χ4n) is 2.19. The van der Waals surface area contributed by atoms with E-state index in [-0.39, 0.29) is 35.1 Å².